The van der Waals surface area contributed by atoms with Crippen molar-refractivity contribution in [3.8, 4) is 22.6 Å². The Hall–Kier alpha value is -3.35. The summed E-state index contributed by atoms with van der Waals surface area (Å²) in [6.07, 6.45) is 5.81. The maximum atomic E-state index is 12.4. The lowest BCUT2D eigenvalue weighted by molar-refractivity contribution is 0.0509. The number of nitrogens with one attached hydrogen (secondary N) is 1. The van der Waals surface area contributed by atoms with Crippen LogP contribution in [0.25, 0.3) is 33.5 Å². The van der Waals surface area contributed by atoms with Gasteiger partial charge in [-0.1, -0.05) is 19.6 Å². The van der Waals surface area contributed by atoms with Crippen LogP contribution in [0.1, 0.15) is 27.2 Å². The van der Waals surface area contributed by atoms with Gasteiger partial charge >= 0.3 is 6.09 Å². The van der Waals surface area contributed by atoms with Gasteiger partial charge in [-0.25, -0.2) is 14.5 Å². The van der Waals surface area contributed by atoms with E-state index in [9.17, 15) is 4.79 Å². The zero-order valence-corrected chi connectivity index (χ0v) is 28.3. The van der Waals surface area contributed by atoms with Crippen molar-refractivity contribution >= 4 is 46.8 Å². The molecule has 1 atom stereocenters. The highest BCUT2D eigenvalue weighted by molar-refractivity contribution is 9.10. The summed E-state index contributed by atoms with van der Waals surface area (Å²) in [7, 11) is -1.21. The molecule has 1 N–H and O–H groups in total. The average molecular weight is 667 g/mol. The molecule has 1 saturated heterocycles. The number of hydrogen-bond donors (Lipinski definition) is 1. The minimum absolute atomic E-state index is 0.0336. The molecule has 0 bridgehead atoms. The Morgan fingerprint density at radius 2 is 1.98 bits per heavy atom. The number of hydrogen-bond acceptors (Lipinski definition) is 8. The number of pyridine rings is 3. The monoisotopic (exact) mass is 665 g/mol. The third kappa shape index (κ3) is 7.98. The summed E-state index contributed by atoms with van der Waals surface area (Å²) in [4.78, 5) is 28.6. The summed E-state index contributed by atoms with van der Waals surface area (Å²) in [6, 6.07) is 11.0. The van der Waals surface area contributed by atoms with Gasteiger partial charge in [-0.2, -0.15) is 5.10 Å². The third-order valence-electron chi connectivity index (χ3n) is 7.08. The van der Waals surface area contributed by atoms with E-state index in [-0.39, 0.29) is 6.04 Å². The first-order valence-corrected chi connectivity index (χ1v) is 19.1. The van der Waals surface area contributed by atoms with Crippen LogP contribution in [0.3, 0.4) is 0 Å². The van der Waals surface area contributed by atoms with Crippen LogP contribution in [0.2, 0.25) is 25.7 Å². The number of anilines is 1. The quantitative estimate of drug-likeness (QED) is 0.155. The van der Waals surface area contributed by atoms with Gasteiger partial charge in [0.1, 0.15) is 23.8 Å². The molecule has 0 aromatic carbocycles. The van der Waals surface area contributed by atoms with E-state index in [0.717, 1.165) is 62.8 Å². The van der Waals surface area contributed by atoms with Crippen LogP contribution >= 0.6 is 15.9 Å². The number of nitrogens with zero attached hydrogens (tertiary/aromatic N) is 6. The maximum Gasteiger partial charge on any atom is 0.407 e. The molecule has 0 spiro atoms. The third-order valence-corrected chi connectivity index (χ3v) is 9.41. The summed E-state index contributed by atoms with van der Waals surface area (Å²) in [5.74, 6) is 0.807. The van der Waals surface area contributed by atoms with Gasteiger partial charge in [0.05, 0.1) is 33.6 Å². The Balaban J connectivity index is 1.44. The van der Waals surface area contributed by atoms with Gasteiger partial charge in [0.15, 0.2) is 0 Å². The van der Waals surface area contributed by atoms with Crippen LogP contribution < -0.4 is 10.2 Å². The molecule has 0 saturated carbocycles. The molecule has 43 heavy (non-hydrogen) atoms. The normalized spacial score (nSPS) is 15.7. The standard InChI is InChI=1S/C31H40BrN7O3Si/c1-31(2,3)42-30(40)35-22-11-13-38(19-22)29-24(32)9-10-25(36-29)28-23-16-26(21-8-7-12-33-17-21)34-18-27(23)39(37-28)20-41-14-15-43(4,5)6/h7-10,12,16-18,22H,11,13-15,19-20H2,1-6H3,(H,35,40)/t22-/m1/s1. The Kier molecular flexibility index (Phi) is 9.19. The minimum Gasteiger partial charge on any atom is -0.444 e. The summed E-state index contributed by atoms with van der Waals surface area (Å²) >= 11 is 3.70. The summed E-state index contributed by atoms with van der Waals surface area (Å²) in [5.41, 5.74) is 3.58. The first kappa shape index (κ1) is 31.1. The molecular formula is C31H40BrN7O3Si. The van der Waals surface area contributed by atoms with Gasteiger partial charge in [0, 0.05) is 51.1 Å². The highest BCUT2D eigenvalue weighted by Gasteiger charge is 2.28. The van der Waals surface area contributed by atoms with Crippen molar-refractivity contribution in [3.05, 3.63) is 53.4 Å². The molecule has 5 rings (SSSR count). The van der Waals surface area contributed by atoms with Crippen molar-refractivity contribution in [1.29, 1.82) is 0 Å². The summed E-state index contributed by atoms with van der Waals surface area (Å²) in [6.45, 7) is 15.0. The van der Waals surface area contributed by atoms with E-state index in [1.807, 2.05) is 68.2 Å². The number of halogens is 1. The fraction of sp³-hybridized carbons (Fsp3) is 0.452. The maximum absolute atomic E-state index is 12.4. The number of amides is 1. The van der Waals surface area contributed by atoms with Gasteiger partial charge < -0.3 is 19.7 Å². The fourth-order valence-corrected chi connectivity index (χ4v) is 6.12. The molecule has 12 heteroatoms. The number of alkyl carbamates (subject to hydrolysis) is 1. The lowest BCUT2D eigenvalue weighted by atomic mass is 10.1. The molecular weight excluding hydrogens is 626 g/mol. The molecule has 0 radical (unpaired) electrons. The number of ether oxygens (including phenoxy) is 2. The van der Waals surface area contributed by atoms with Crippen LogP contribution in [-0.2, 0) is 16.2 Å². The molecule has 1 amide bonds. The van der Waals surface area contributed by atoms with Gasteiger partial charge in [-0.05, 0) is 79.5 Å². The predicted molar refractivity (Wildman–Crippen MR) is 176 cm³/mol. The molecule has 228 valence electrons. The van der Waals surface area contributed by atoms with Crippen molar-refractivity contribution in [3.63, 3.8) is 0 Å². The molecule has 0 aliphatic carbocycles. The zero-order valence-electron chi connectivity index (χ0n) is 25.7. The molecule has 1 aliphatic heterocycles. The van der Waals surface area contributed by atoms with E-state index >= 15 is 0 Å². The second-order valence-electron chi connectivity index (χ2n) is 13.1. The first-order chi connectivity index (χ1) is 20.4. The number of fused-ring (bicyclic) bond motifs is 1. The number of carbonyl (C=O) groups is 1. The SMILES string of the molecule is CC(C)(C)OC(=O)N[C@@H]1CCN(c2nc(-c3nn(COCC[Si](C)(C)C)c4cnc(-c5cccnc5)cc34)ccc2Br)C1. The van der Waals surface area contributed by atoms with E-state index in [4.69, 9.17) is 24.5 Å². The Bertz CT molecular complexity index is 1580. The van der Waals surface area contributed by atoms with Crippen molar-refractivity contribution in [2.45, 2.75) is 71.3 Å². The largest absolute Gasteiger partial charge is 0.444 e. The van der Waals surface area contributed by atoms with Gasteiger partial charge in [-0.15, -0.1) is 0 Å². The van der Waals surface area contributed by atoms with Gasteiger partial charge in [0.2, 0.25) is 0 Å². The fourth-order valence-electron chi connectivity index (χ4n) is 4.89. The molecule has 5 heterocycles. The van der Waals surface area contributed by atoms with Crippen LogP contribution in [0.15, 0.2) is 53.4 Å². The van der Waals surface area contributed by atoms with Crippen LogP contribution in [0.4, 0.5) is 10.6 Å². The highest BCUT2D eigenvalue weighted by Crippen LogP contribution is 2.34. The molecule has 1 fully saturated rings. The van der Waals surface area contributed by atoms with Crippen LogP contribution in [0, 0.1) is 0 Å². The molecule has 0 unspecified atom stereocenters. The van der Waals surface area contributed by atoms with Crippen molar-refractivity contribution in [2.75, 3.05) is 24.6 Å². The van der Waals surface area contributed by atoms with E-state index in [1.165, 1.54) is 0 Å². The lowest BCUT2D eigenvalue weighted by Crippen LogP contribution is -2.40. The molecule has 1 aliphatic rings. The second-order valence-corrected chi connectivity index (χ2v) is 19.6. The minimum atomic E-state index is -1.21. The van der Waals surface area contributed by atoms with Crippen molar-refractivity contribution in [1.82, 2.24) is 30.0 Å². The zero-order chi connectivity index (χ0) is 30.8. The molecule has 10 nitrogen and oxygen atoms in total. The Labute approximate surface area is 262 Å². The van der Waals surface area contributed by atoms with Crippen LogP contribution in [-0.4, -0.2) is 70.2 Å². The van der Waals surface area contributed by atoms with Crippen molar-refractivity contribution < 1.29 is 14.3 Å². The van der Waals surface area contributed by atoms with Gasteiger partial charge in [-0.3, -0.25) is 9.97 Å². The van der Waals surface area contributed by atoms with E-state index in [0.29, 0.717) is 19.9 Å². The van der Waals surface area contributed by atoms with E-state index < -0.39 is 19.8 Å². The van der Waals surface area contributed by atoms with E-state index in [2.05, 4.69) is 50.8 Å². The molecule has 4 aromatic heterocycles. The Morgan fingerprint density at radius 3 is 2.70 bits per heavy atom. The summed E-state index contributed by atoms with van der Waals surface area (Å²) in [5, 5.41) is 8.93. The lowest BCUT2D eigenvalue weighted by Gasteiger charge is -2.22. The summed E-state index contributed by atoms with van der Waals surface area (Å²) < 4.78 is 14.3. The molecule has 4 aromatic rings. The smallest absolute Gasteiger partial charge is 0.407 e. The van der Waals surface area contributed by atoms with Gasteiger partial charge in [0.25, 0.3) is 0 Å². The predicted octanol–water partition coefficient (Wildman–Crippen LogP) is 6.73. The highest BCUT2D eigenvalue weighted by atomic mass is 79.9. The Morgan fingerprint density at radius 1 is 1.16 bits per heavy atom. The number of carbonyl (C=O) groups excluding carboxylic acids is 1. The topological polar surface area (TPSA) is 107 Å². The van der Waals surface area contributed by atoms with E-state index in [1.54, 1.807) is 6.20 Å². The van der Waals surface area contributed by atoms with Crippen LogP contribution in [0.5, 0.6) is 0 Å². The average Bonchev–Trinajstić information content (AvgIpc) is 3.54. The number of aromatic nitrogens is 5. The second kappa shape index (κ2) is 12.7. The van der Waals surface area contributed by atoms with Crippen molar-refractivity contribution in [2.24, 2.45) is 0 Å². The first-order valence-electron chi connectivity index (χ1n) is 14.6. The number of rotatable bonds is 9.